The summed E-state index contributed by atoms with van der Waals surface area (Å²) in [5.41, 5.74) is 1.01. The van der Waals surface area contributed by atoms with Crippen LogP contribution >= 0.6 is 23.5 Å². The number of pyridine rings is 1. The predicted molar refractivity (Wildman–Crippen MR) is 76.8 cm³/mol. The summed E-state index contributed by atoms with van der Waals surface area (Å²) >= 11 is 3.48. The fraction of sp³-hybridized carbons (Fsp3) is 0.385. The lowest BCUT2D eigenvalue weighted by Gasteiger charge is -2.09. The van der Waals surface area contributed by atoms with Crippen LogP contribution < -0.4 is 4.74 Å². The van der Waals surface area contributed by atoms with Crippen molar-refractivity contribution >= 4 is 29.3 Å². The summed E-state index contributed by atoms with van der Waals surface area (Å²) in [5, 5.41) is 0. The Kier molecular flexibility index (Phi) is 4.72. The average molecular weight is 281 g/mol. The number of carbonyl (C=O) groups is 1. The van der Waals surface area contributed by atoms with Crippen molar-refractivity contribution in [3.63, 3.8) is 0 Å². The van der Waals surface area contributed by atoms with Crippen LogP contribution in [0, 0.1) is 0 Å². The highest BCUT2D eigenvalue weighted by Crippen LogP contribution is 2.40. The van der Waals surface area contributed by atoms with E-state index in [2.05, 4.69) is 4.98 Å². The third-order valence-corrected chi connectivity index (χ3v) is 5.43. The van der Waals surface area contributed by atoms with Crippen LogP contribution in [0.4, 0.5) is 0 Å². The normalized spacial score (nSPS) is 18.6. The fourth-order valence-electron chi connectivity index (χ4n) is 1.61. The Morgan fingerprint density at radius 2 is 2.50 bits per heavy atom. The molecule has 5 heteroatoms. The number of hydrogen-bond donors (Lipinski definition) is 0. The third-order valence-electron chi connectivity index (χ3n) is 2.54. The highest BCUT2D eigenvalue weighted by Gasteiger charge is 2.20. The molecule has 0 aliphatic carbocycles. The van der Waals surface area contributed by atoms with Crippen LogP contribution in [-0.2, 0) is 10.5 Å². The molecule has 0 fully saturated rings. The maximum atomic E-state index is 11.2. The molecule has 2 rings (SSSR count). The Morgan fingerprint density at radius 3 is 3.17 bits per heavy atom. The van der Waals surface area contributed by atoms with Gasteiger partial charge in [0, 0.05) is 22.9 Å². The van der Waals surface area contributed by atoms with E-state index in [-0.39, 0.29) is 5.78 Å². The van der Waals surface area contributed by atoms with Gasteiger partial charge in [0.2, 0.25) is 0 Å². The Morgan fingerprint density at radius 1 is 1.67 bits per heavy atom. The second-order valence-electron chi connectivity index (χ2n) is 3.91. The number of allylic oxidation sites excluding steroid dienone is 2. The second kappa shape index (κ2) is 6.29. The van der Waals surface area contributed by atoms with E-state index in [4.69, 9.17) is 4.74 Å². The quantitative estimate of drug-likeness (QED) is 0.828. The first-order chi connectivity index (χ1) is 8.69. The molecular weight excluding hydrogens is 266 g/mol. The van der Waals surface area contributed by atoms with Gasteiger partial charge in [0.1, 0.15) is 5.75 Å². The molecule has 0 bridgehead atoms. The fourth-order valence-corrected chi connectivity index (χ4v) is 3.98. The molecule has 0 aromatic carbocycles. The molecule has 2 heterocycles. The molecule has 1 aromatic heterocycles. The van der Waals surface area contributed by atoms with Crippen molar-refractivity contribution in [2.75, 3.05) is 7.11 Å². The Balaban J connectivity index is 1.84. The van der Waals surface area contributed by atoms with E-state index in [1.165, 1.54) is 0 Å². The minimum atomic E-state index is 0.169. The van der Waals surface area contributed by atoms with E-state index < -0.39 is 0 Å². The number of Topliss-reactive ketones (excluding diaryl/α,β-unsaturated/α-hetero) is 1. The maximum Gasteiger partial charge on any atom is 0.165 e. The molecule has 0 saturated heterocycles. The molecule has 96 valence electrons. The van der Waals surface area contributed by atoms with Crippen LogP contribution in [0.2, 0.25) is 0 Å². The molecule has 1 unspecified atom stereocenters. The number of carbonyl (C=O) groups excluding carboxylic acids is 1. The molecular formula is C13H15NO2S2. The molecule has 3 nitrogen and oxygen atoms in total. The van der Waals surface area contributed by atoms with E-state index in [9.17, 15) is 4.79 Å². The molecule has 1 aromatic rings. The minimum Gasteiger partial charge on any atom is -0.497 e. The molecule has 1 atom stereocenters. The molecule has 1 aliphatic rings. The number of ether oxygens (including phenoxy) is 1. The summed E-state index contributed by atoms with van der Waals surface area (Å²) < 4.78 is 5.59. The van der Waals surface area contributed by atoms with E-state index in [0.717, 1.165) is 28.5 Å². The number of rotatable bonds is 5. The second-order valence-corrected chi connectivity index (χ2v) is 6.64. The van der Waals surface area contributed by atoms with Gasteiger partial charge in [-0.1, -0.05) is 6.08 Å². The summed E-state index contributed by atoms with van der Waals surface area (Å²) in [4.78, 5) is 16.4. The van der Waals surface area contributed by atoms with Crippen molar-refractivity contribution in [1.82, 2.24) is 4.98 Å². The van der Waals surface area contributed by atoms with Crippen molar-refractivity contribution < 1.29 is 9.53 Å². The number of aromatic nitrogens is 1. The first kappa shape index (κ1) is 13.5. The van der Waals surface area contributed by atoms with Gasteiger partial charge in [-0.3, -0.25) is 9.78 Å². The van der Waals surface area contributed by atoms with Crippen molar-refractivity contribution in [3.05, 3.63) is 35.0 Å². The molecule has 0 amide bonds. The van der Waals surface area contributed by atoms with Gasteiger partial charge in [-0.05, 0) is 19.4 Å². The number of nitrogens with zero attached hydrogens (tertiary/aromatic N) is 1. The zero-order valence-corrected chi connectivity index (χ0v) is 12.0. The van der Waals surface area contributed by atoms with E-state index >= 15 is 0 Å². The highest BCUT2D eigenvalue weighted by molar-refractivity contribution is 8.19. The van der Waals surface area contributed by atoms with E-state index in [1.807, 2.05) is 30.0 Å². The SMILES string of the molecule is COc1ccnc(CSC2CC=C(C(C)=O)S2)c1. The van der Waals surface area contributed by atoms with Gasteiger partial charge in [-0.25, -0.2) is 0 Å². The molecule has 0 radical (unpaired) electrons. The van der Waals surface area contributed by atoms with Crippen LogP contribution in [0.3, 0.4) is 0 Å². The standard InChI is InChI=1S/C13H15NO2S2/c1-9(15)12-3-4-13(18-12)17-8-10-7-11(16-2)5-6-14-10/h3,5-7,13H,4,8H2,1-2H3. The lowest BCUT2D eigenvalue weighted by atomic mass is 10.3. The zero-order valence-electron chi connectivity index (χ0n) is 10.4. The van der Waals surface area contributed by atoms with Crippen LogP contribution in [0.15, 0.2) is 29.3 Å². The summed E-state index contributed by atoms with van der Waals surface area (Å²) in [5.74, 6) is 1.85. The van der Waals surface area contributed by atoms with Crippen LogP contribution in [0.25, 0.3) is 0 Å². The van der Waals surface area contributed by atoms with Crippen LogP contribution in [-0.4, -0.2) is 22.5 Å². The van der Waals surface area contributed by atoms with Gasteiger partial charge in [-0.2, -0.15) is 0 Å². The van der Waals surface area contributed by atoms with Crippen molar-refractivity contribution in [2.24, 2.45) is 0 Å². The Hall–Kier alpha value is -0.940. The van der Waals surface area contributed by atoms with Gasteiger partial charge >= 0.3 is 0 Å². The topological polar surface area (TPSA) is 39.2 Å². The first-order valence-electron chi connectivity index (χ1n) is 5.67. The average Bonchev–Trinajstić information content (AvgIpc) is 2.85. The number of thioether (sulfide) groups is 2. The predicted octanol–water partition coefficient (Wildman–Crippen LogP) is 3.26. The summed E-state index contributed by atoms with van der Waals surface area (Å²) in [6, 6.07) is 3.79. The molecule has 1 aliphatic heterocycles. The lowest BCUT2D eigenvalue weighted by Crippen LogP contribution is -1.95. The molecule has 0 spiro atoms. The van der Waals surface area contributed by atoms with Crippen molar-refractivity contribution in [3.8, 4) is 5.75 Å². The highest BCUT2D eigenvalue weighted by atomic mass is 32.2. The summed E-state index contributed by atoms with van der Waals surface area (Å²) in [7, 11) is 1.65. The summed E-state index contributed by atoms with van der Waals surface area (Å²) in [6.07, 6.45) is 4.74. The molecule has 0 saturated carbocycles. The number of methoxy groups -OCH3 is 1. The zero-order chi connectivity index (χ0) is 13.0. The van der Waals surface area contributed by atoms with Gasteiger partial charge in [-0.15, -0.1) is 23.5 Å². The van der Waals surface area contributed by atoms with Crippen LogP contribution in [0.5, 0.6) is 5.75 Å². The van der Waals surface area contributed by atoms with E-state index in [0.29, 0.717) is 4.58 Å². The Labute approximate surface area is 115 Å². The number of ketones is 1. The largest absolute Gasteiger partial charge is 0.497 e. The van der Waals surface area contributed by atoms with Crippen LogP contribution in [0.1, 0.15) is 19.0 Å². The first-order valence-corrected chi connectivity index (χ1v) is 7.60. The smallest absolute Gasteiger partial charge is 0.165 e. The minimum absolute atomic E-state index is 0.169. The maximum absolute atomic E-state index is 11.2. The van der Waals surface area contributed by atoms with Crippen molar-refractivity contribution in [1.29, 1.82) is 0 Å². The molecule has 18 heavy (non-hydrogen) atoms. The lowest BCUT2D eigenvalue weighted by molar-refractivity contribution is -0.112. The van der Waals surface area contributed by atoms with Crippen molar-refractivity contribution in [2.45, 2.75) is 23.7 Å². The Bertz CT molecular complexity index is 474. The van der Waals surface area contributed by atoms with Gasteiger partial charge in [0.15, 0.2) is 5.78 Å². The summed E-state index contributed by atoms with van der Waals surface area (Å²) in [6.45, 7) is 1.62. The van der Waals surface area contributed by atoms with E-state index in [1.54, 1.807) is 32.0 Å². The van der Waals surface area contributed by atoms with Gasteiger partial charge in [0.05, 0.1) is 17.4 Å². The molecule has 0 N–H and O–H groups in total. The van der Waals surface area contributed by atoms with Gasteiger partial charge in [0.25, 0.3) is 0 Å². The monoisotopic (exact) mass is 281 g/mol. The number of hydrogen-bond acceptors (Lipinski definition) is 5. The van der Waals surface area contributed by atoms with Gasteiger partial charge < -0.3 is 4.74 Å². The third kappa shape index (κ3) is 3.53.